The van der Waals surface area contributed by atoms with Gasteiger partial charge in [0.2, 0.25) is 0 Å². The lowest BCUT2D eigenvalue weighted by Gasteiger charge is -2.23. The zero-order valence-corrected chi connectivity index (χ0v) is 9.74. The summed E-state index contributed by atoms with van der Waals surface area (Å²) in [5, 5.41) is 3.34. The van der Waals surface area contributed by atoms with Crippen molar-refractivity contribution in [3.8, 4) is 5.75 Å². The number of hydrogen-bond donors (Lipinski definition) is 1. The van der Waals surface area contributed by atoms with Gasteiger partial charge in [-0.3, -0.25) is 0 Å². The van der Waals surface area contributed by atoms with Gasteiger partial charge < -0.3 is 14.8 Å². The van der Waals surface area contributed by atoms with Crippen LogP contribution in [-0.4, -0.2) is 26.3 Å². The minimum absolute atomic E-state index is 0.361. The molecule has 1 fully saturated rings. The van der Waals surface area contributed by atoms with Crippen molar-refractivity contribution in [2.45, 2.75) is 25.6 Å². The molecule has 88 valence electrons. The number of ether oxygens (including phenoxy) is 2. The summed E-state index contributed by atoms with van der Waals surface area (Å²) in [6, 6.07) is 8.04. The van der Waals surface area contributed by atoms with Crippen LogP contribution in [0.2, 0.25) is 0 Å². The third-order valence-corrected chi connectivity index (χ3v) is 2.87. The third kappa shape index (κ3) is 3.22. The first-order chi connectivity index (χ1) is 7.88. The summed E-state index contributed by atoms with van der Waals surface area (Å²) >= 11 is 0. The highest BCUT2D eigenvalue weighted by molar-refractivity contribution is 5.27. The third-order valence-electron chi connectivity index (χ3n) is 2.87. The molecule has 1 atom stereocenters. The Morgan fingerprint density at radius 1 is 1.44 bits per heavy atom. The SMILES string of the molecule is COc1cccc(COC2CCCNC2)c1. The summed E-state index contributed by atoms with van der Waals surface area (Å²) in [4.78, 5) is 0. The Bertz CT molecular complexity index is 321. The molecular formula is C13H19NO2. The monoisotopic (exact) mass is 221 g/mol. The van der Waals surface area contributed by atoms with Crippen LogP contribution in [0.25, 0.3) is 0 Å². The molecule has 16 heavy (non-hydrogen) atoms. The van der Waals surface area contributed by atoms with Crippen molar-refractivity contribution < 1.29 is 9.47 Å². The van der Waals surface area contributed by atoms with Gasteiger partial charge in [0.15, 0.2) is 0 Å². The van der Waals surface area contributed by atoms with Gasteiger partial charge in [-0.05, 0) is 37.1 Å². The van der Waals surface area contributed by atoms with Crippen molar-refractivity contribution in [1.29, 1.82) is 0 Å². The van der Waals surface area contributed by atoms with Gasteiger partial charge in [0.25, 0.3) is 0 Å². The van der Waals surface area contributed by atoms with Crippen molar-refractivity contribution in [1.82, 2.24) is 5.32 Å². The number of piperidine rings is 1. The molecule has 3 heteroatoms. The second kappa shape index (κ2) is 5.87. The van der Waals surface area contributed by atoms with E-state index in [0.717, 1.165) is 25.3 Å². The number of hydrogen-bond acceptors (Lipinski definition) is 3. The number of rotatable bonds is 4. The van der Waals surface area contributed by atoms with E-state index in [-0.39, 0.29) is 0 Å². The highest BCUT2D eigenvalue weighted by atomic mass is 16.5. The van der Waals surface area contributed by atoms with Gasteiger partial charge in [-0.2, -0.15) is 0 Å². The van der Waals surface area contributed by atoms with E-state index < -0.39 is 0 Å². The summed E-state index contributed by atoms with van der Waals surface area (Å²) in [6.45, 7) is 2.77. The Morgan fingerprint density at radius 2 is 2.38 bits per heavy atom. The average molecular weight is 221 g/mol. The van der Waals surface area contributed by atoms with E-state index in [9.17, 15) is 0 Å². The summed E-state index contributed by atoms with van der Waals surface area (Å²) < 4.78 is 11.0. The highest BCUT2D eigenvalue weighted by Gasteiger charge is 2.12. The average Bonchev–Trinajstić information content (AvgIpc) is 2.38. The predicted molar refractivity (Wildman–Crippen MR) is 63.7 cm³/mol. The van der Waals surface area contributed by atoms with Crippen LogP contribution in [0.15, 0.2) is 24.3 Å². The second-order valence-electron chi connectivity index (χ2n) is 4.13. The van der Waals surface area contributed by atoms with Crippen LogP contribution in [-0.2, 0) is 11.3 Å². The lowest BCUT2D eigenvalue weighted by Crippen LogP contribution is -2.35. The first-order valence-electron chi connectivity index (χ1n) is 5.84. The summed E-state index contributed by atoms with van der Waals surface area (Å²) in [6.07, 6.45) is 2.74. The van der Waals surface area contributed by atoms with Crippen LogP contribution in [0.3, 0.4) is 0 Å². The van der Waals surface area contributed by atoms with Gasteiger partial charge in [0, 0.05) is 6.54 Å². The maximum Gasteiger partial charge on any atom is 0.119 e. The fourth-order valence-corrected chi connectivity index (χ4v) is 1.94. The van der Waals surface area contributed by atoms with Gasteiger partial charge in [-0.1, -0.05) is 12.1 Å². The smallest absolute Gasteiger partial charge is 0.119 e. The Morgan fingerprint density at radius 3 is 3.12 bits per heavy atom. The van der Waals surface area contributed by atoms with Gasteiger partial charge >= 0.3 is 0 Å². The minimum atomic E-state index is 0.361. The van der Waals surface area contributed by atoms with Crippen molar-refractivity contribution >= 4 is 0 Å². The zero-order chi connectivity index (χ0) is 11.2. The topological polar surface area (TPSA) is 30.5 Å². The first kappa shape index (κ1) is 11.4. The summed E-state index contributed by atoms with van der Waals surface area (Å²) in [5.74, 6) is 0.892. The Balaban J connectivity index is 1.83. The molecule has 1 N–H and O–H groups in total. The molecule has 0 saturated carbocycles. The van der Waals surface area contributed by atoms with Gasteiger partial charge in [-0.15, -0.1) is 0 Å². The van der Waals surface area contributed by atoms with E-state index in [1.165, 1.54) is 12.0 Å². The van der Waals surface area contributed by atoms with Gasteiger partial charge in [-0.25, -0.2) is 0 Å². The highest BCUT2D eigenvalue weighted by Crippen LogP contribution is 2.15. The fraction of sp³-hybridized carbons (Fsp3) is 0.538. The molecule has 0 aromatic heterocycles. The molecule has 1 unspecified atom stereocenters. The van der Waals surface area contributed by atoms with Gasteiger partial charge in [0.1, 0.15) is 5.75 Å². The van der Waals surface area contributed by atoms with Crippen molar-refractivity contribution in [2.24, 2.45) is 0 Å². The van der Waals surface area contributed by atoms with Crippen LogP contribution < -0.4 is 10.1 Å². The lowest BCUT2D eigenvalue weighted by atomic mass is 10.1. The standard InChI is InChI=1S/C13H19NO2/c1-15-12-5-2-4-11(8-12)10-16-13-6-3-7-14-9-13/h2,4-5,8,13-14H,3,6-7,9-10H2,1H3. The maximum atomic E-state index is 5.85. The van der Waals surface area contributed by atoms with E-state index in [4.69, 9.17) is 9.47 Å². The second-order valence-corrected chi connectivity index (χ2v) is 4.13. The quantitative estimate of drug-likeness (QED) is 0.843. The first-order valence-corrected chi connectivity index (χ1v) is 5.84. The molecule has 1 aliphatic heterocycles. The molecule has 1 heterocycles. The molecule has 3 nitrogen and oxygen atoms in total. The van der Waals surface area contributed by atoms with Crippen molar-refractivity contribution in [2.75, 3.05) is 20.2 Å². The molecule has 1 saturated heterocycles. The molecule has 0 spiro atoms. The van der Waals surface area contributed by atoms with Crippen LogP contribution in [0, 0.1) is 0 Å². The molecule has 0 aliphatic carbocycles. The van der Waals surface area contributed by atoms with Crippen LogP contribution >= 0.6 is 0 Å². The molecule has 0 radical (unpaired) electrons. The summed E-state index contributed by atoms with van der Waals surface area (Å²) in [7, 11) is 1.69. The molecule has 1 aliphatic rings. The number of benzene rings is 1. The predicted octanol–water partition coefficient (Wildman–Crippen LogP) is 1.96. The zero-order valence-electron chi connectivity index (χ0n) is 9.74. The lowest BCUT2D eigenvalue weighted by molar-refractivity contribution is 0.0252. The van der Waals surface area contributed by atoms with Crippen LogP contribution in [0.5, 0.6) is 5.75 Å². The molecule has 0 bridgehead atoms. The fourth-order valence-electron chi connectivity index (χ4n) is 1.94. The Kier molecular flexibility index (Phi) is 4.19. The van der Waals surface area contributed by atoms with E-state index in [0.29, 0.717) is 12.7 Å². The number of methoxy groups -OCH3 is 1. The molecule has 1 aromatic rings. The van der Waals surface area contributed by atoms with E-state index in [2.05, 4.69) is 11.4 Å². The number of nitrogens with one attached hydrogen (secondary N) is 1. The minimum Gasteiger partial charge on any atom is -0.497 e. The van der Waals surface area contributed by atoms with Crippen molar-refractivity contribution in [3.63, 3.8) is 0 Å². The van der Waals surface area contributed by atoms with E-state index in [1.807, 2.05) is 18.2 Å². The molecule has 1 aromatic carbocycles. The molecule has 0 amide bonds. The normalized spacial score (nSPS) is 20.7. The van der Waals surface area contributed by atoms with E-state index >= 15 is 0 Å². The Labute approximate surface area is 96.8 Å². The van der Waals surface area contributed by atoms with E-state index in [1.54, 1.807) is 7.11 Å². The van der Waals surface area contributed by atoms with Crippen LogP contribution in [0.1, 0.15) is 18.4 Å². The molecular weight excluding hydrogens is 202 g/mol. The summed E-state index contributed by atoms with van der Waals surface area (Å²) in [5.41, 5.74) is 1.17. The van der Waals surface area contributed by atoms with Crippen LogP contribution in [0.4, 0.5) is 0 Å². The van der Waals surface area contributed by atoms with Crippen molar-refractivity contribution in [3.05, 3.63) is 29.8 Å². The largest absolute Gasteiger partial charge is 0.497 e. The van der Waals surface area contributed by atoms with Gasteiger partial charge in [0.05, 0.1) is 19.8 Å². The Hall–Kier alpha value is -1.06. The maximum absolute atomic E-state index is 5.85. The molecule has 2 rings (SSSR count).